The molecule has 1 heterocycles. The van der Waals surface area contributed by atoms with E-state index in [0.29, 0.717) is 17.8 Å². The van der Waals surface area contributed by atoms with E-state index in [0.717, 1.165) is 32.5 Å². The lowest BCUT2D eigenvalue weighted by molar-refractivity contribution is 0.0964. The third-order valence-corrected chi connectivity index (χ3v) is 4.57. The van der Waals surface area contributed by atoms with Crippen LogP contribution in [0.1, 0.15) is 30.3 Å². The van der Waals surface area contributed by atoms with E-state index in [1.54, 1.807) is 11.3 Å². The van der Waals surface area contributed by atoms with Gasteiger partial charge in [-0.1, -0.05) is 6.92 Å². The van der Waals surface area contributed by atoms with Crippen molar-refractivity contribution in [2.24, 2.45) is 0 Å². The minimum atomic E-state index is 0.556. The van der Waals surface area contributed by atoms with Crippen LogP contribution in [0.5, 0.6) is 0 Å². The molecule has 0 amide bonds. The first-order chi connectivity index (χ1) is 9.24. The summed E-state index contributed by atoms with van der Waals surface area (Å²) < 4.78 is 5.39. The van der Waals surface area contributed by atoms with Gasteiger partial charge in [0, 0.05) is 24.1 Å². The lowest BCUT2D eigenvalue weighted by Crippen LogP contribution is -2.41. The van der Waals surface area contributed by atoms with Gasteiger partial charge >= 0.3 is 0 Å². The van der Waals surface area contributed by atoms with Gasteiger partial charge in [0.2, 0.25) is 0 Å². The average molecular weight is 282 g/mol. The van der Waals surface area contributed by atoms with E-state index >= 15 is 0 Å². The van der Waals surface area contributed by atoms with Crippen LogP contribution in [0.4, 0.5) is 5.13 Å². The summed E-state index contributed by atoms with van der Waals surface area (Å²) in [5, 5.41) is 0.716. The van der Waals surface area contributed by atoms with Gasteiger partial charge in [0.05, 0.1) is 12.3 Å². The van der Waals surface area contributed by atoms with E-state index in [-0.39, 0.29) is 0 Å². The highest BCUT2D eigenvalue weighted by atomic mass is 32.1. The largest absolute Gasteiger partial charge is 0.380 e. The van der Waals surface area contributed by atoms with E-state index in [1.807, 2.05) is 0 Å². The van der Waals surface area contributed by atoms with Crippen LogP contribution in [0.2, 0.25) is 0 Å². The zero-order valence-corrected chi connectivity index (χ0v) is 12.5. The van der Waals surface area contributed by atoms with Crippen LogP contribution in [0.15, 0.2) is 0 Å². The van der Waals surface area contributed by atoms with Crippen molar-refractivity contribution in [1.29, 1.82) is 0 Å². The monoisotopic (exact) mass is 282 g/mol. The fourth-order valence-corrected chi connectivity index (χ4v) is 3.69. The molecule has 0 saturated heterocycles. The van der Waals surface area contributed by atoms with E-state index in [2.05, 4.69) is 23.7 Å². The first-order valence-corrected chi connectivity index (χ1v) is 7.91. The number of hydrogen-bond donors (Lipinski definition) is 1. The Morgan fingerprint density at radius 2 is 2.37 bits per heavy atom. The van der Waals surface area contributed by atoms with E-state index in [4.69, 9.17) is 10.5 Å². The Balaban J connectivity index is 1.95. The van der Waals surface area contributed by atoms with Crippen LogP contribution in [0, 0.1) is 6.92 Å². The molecule has 0 saturated carbocycles. The molecular weight excluding hydrogens is 258 g/mol. The Morgan fingerprint density at radius 1 is 1.53 bits per heavy atom. The first kappa shape index (κ1) is 14.8. The maximum atomic E-state index is 5.80. The summed E-state index contributed by atoms with van der Waals surface area (Å²) in [6.07, 6.45) is 4.51. The Kier molecular flexibility index (Phi) is 5.60. The molecule has 1 aliphatic carbocycles. The van der Waals surface area contributed by atoms with Crippen LogP contribution in [0.25, 0.3) is 0 Å². The average Bonchev–Trinajstić information content (AvgIpc) is 2.77. The number of aromatic nitrogens is 1. The minimum absolute atomic E-state index is 0.556. The number of nitrogens with zero attached hydrogens (tertiary/aromatic N) is 2. The molecule has 1 atom stereocenters. The normalized spacial score (nSPS) is 18.8. The zero-order valence-electron chi connectivity index (χ0n) is 11.7. The second kappa shape index (κ2) is 7.22. The highest BCUT2D eigenvalue weighted by Gasteiger charge is 2.26. The highest BCUT2D eigenvalue weighted by molar-refractivity contribution is 7.15. The van der Waals surface area contributed by atoms with Gasteiger partial charge < -0.3 is 10.5 Å². The molecule has 0 spiro atoms. The van der Waals surface area contributed by atoms with Crippen molar-refractivity contribution < 1.29 is 4.74 Å². The fourth-order valence-electron chi connectivity index (χ4n) is 2.74. The summed E-state index contributed by atoms with van der Waals surface area (Å²) in [7, 11) is 0. The van der Waals surface area contributed by atoms with Gasteiger partial charge in [-0.2, -0.15) is 0 Å². The predicted molar refractivity (Wildman–Crippen MR) is 80.4 cm³/mol. The molecule has 0 aliphatic heterocycles. The summed E-state index contributed by atoms with van der Waals surface area (Å²) in [5.74, 6) is 0. The topological polar surface area (TPSA) is 51.4 Å². The van der Waals surface area contributed by atoms with Crippen LogP contribution in [-0.4, -0.2) is 42.2 Å². The molecule has 1 aromatic rings. The molecule has 19 heavy (non-hydrogen) atoms. The summed E-state index contributed by atoms with van der Waals surface area (Å²) in [6, 6.07) is 0.612. The van der Waals surface area contributed by atoms with Crippen molar-refractivity contribution in [1.82, 2.24) is 9.88 Å². The standard InChI is InChI=1S/C14H24N3OS/c1-3-7-17(8-9-18-4-2)11-5-6-12-13(10-11)19-14(15)16-12/h11H,2-10H2,1H3,(H2,15,16)/t11-/m0/s1. The third-order valence-electron chi connectivity index (χ3n) is 3.62. The number of rotatable bonds is 7. The molecule has 2 N–H and O–H groups in total. The van der Waals surface area contributed by atoms with Gasteiger partial charge in [-0.15, -0.1) is 11.3 Å². The second-order valence-corrected chi connectivity index (χ2v) is 6.08. The number of fused-ring (bicyclic) bond motifs is 1. The molecule has 5 heteroatoms. The molecule has 0 unspecified atom stereocenters. The van der Waals surface area contributed by atoms with Crippen molar-refractivity contribution in [3.8, 4) is 0 Å². The fraction of sp³-hybridized carbons (Fsp3) is 0.714. The number of nitrogen functional groups attached to an aromatic ring is 1. The number of aryl methyl sites for hydroxylation is 1. The number of nitrogens with two attached hydrogens (primary N) is 1. The number of thiazole rings is 1. The molecule has 2 rings (SSSR count). The summed E-state index contributed by atoms with van der Waals surface area (Å²) >= 11 is 1.66. The summed E-state index contributed by atoms with van der Waals surface area (Å²) in [5.41, 5.74) is 7.03. The molecule has 0 fully saturated rings. The van der Waals surface area contributed by atoms with Gasteiger partial charge in [0.1, 0.15) is 0 Å². The van der Waals surface area contributed by atoms with Gasteiger partial charge in [0.25, 0.3) is 0 Å². The molecule has 4 nitrogen and oxygen atoms in total. The zero-order chi connectivity index (χ0) is 13.7. The summed E-state index contributed by atoms with van der Waals surface area (Å²) in [6.45, 7) is 9.41. The van der Waals surface area contributed by atoms with Gasteiger partial charge in [-0.25, -0.2) is 4.98 Å². The number of anilines is 1. The maximum absolute atomic E-state index is 5.80. The van der Waals surface area contributed by atoms with Crippen molar-refractivity contribution in [3.63, 3.8) is 0 Å². The van der Waals surface area contributed by atoms with Crippen molar-refractivity contribution >= 4 is 16.5 Å². The quantitative estimate of drug-likeness (QED) is 0.779. The van der Waals surface area contributed by atoms with Crippen LogP contribution >= 0.6 is 11.3 Å². The Labute approximate surface area is 120 Å². The lowest BCUT2D eigenvalue weighted by Gasteiger charge is -2.33. The Morgan fingerprint density at radius 3 is 3.11 bits per heavy atom. The predicted octanol–water partition coefficient (Wildman–Crippen LogP) is 2.15. The lowest BCUT2D eigenvalue weighted by atomic mass is 9.96. The van der Waals surface area contributed by atoms with Gasteiger partial charge in [-0.3, -0.25) is 4.90 Å². The van der Waals surface area contributed by atoms with E-state index in [1.165, 1.54) is 23.4 Å². The Hall–Kier alpha value is -0.650. The molecule has 0 bridgehead atoms. The van der Waals surface area contributed by atoms with Crippen LogP contribution in [0.3, 0.4) is 0 Å². The molecule has 1 aliphatic rings. The van der Waals surface area contributed by atoms with Crippen LogP contribution < -0.4 is 5.73 Å². The molecular formula is C14H24N3OS. The van der Waals surface area contributed by atoms with E-state index < -0.39 is 0 Å². The number of ether oxygens (including phenoxy) is 1. The summed E-state index contributed by atoms with van der Waals surface area (Å²) in [4.78, 5) is 8.34. The first-order valence-electron chi connectivity index (χ1n) is 7.09. The minimum Gasteiger partial charge on any atom is -0.380 e. The Bertz CT molecular complexity index is 394. The molecule has 1 radical (unpaired) electrons. The maximum Gasteiger partial charge on any atom is 0.180 e. The SMILES string of the molecule is [CH2]COCCN(CCC)[C@H]1CCc2nc(N)sc2C1. The number of hydrogen-bond acceptors (Lipinski definition) is 5. The van der Waals surface area contributed by atoms with Crippen molar-refractivity contribution in [3.05, 3.63) is 17.5 Å². The molecule has 107 valence electrons. The van der Waals surface area contributed by atoms with Crippen molar-refractivity contribution in [2.45, 2.75) is 38.6 Å². The van der Waals surface area contributed by atoms with Crippen molar-refractivity contribution in [2.75, 3.05) is 32.0 Å². The highest BCUT2D eigenvalue weighted by Crippen LogP contribution is 2.30. The second-order valence-electron chi connectivity index (χ2n) is 4.97. The van der Waals surface area contributed by atoms with Gasteiger partial charge in [0.15, 0.2) is 5.13 Å². The third kappa shape index (κ3) is 3.91. The van der Waals surface area contributed by atoms with Crippen LogP contribution in [-0.2, 0) is 17.6 Å². The smallest absolute Gasteiger partial charge is 0.180 e. The molecule has 0 aromatic carbocycles. The van der Waals surface area contributed by atoms with E-state index in [9.17, 15) is 0 Å². The van der Waals surface area contributed by atoms with Gasteiger partial charge in [-0.05, 0) is 39.2 Å². The molecule has 1 aromatic heterocycles.